The zero-order valence-corrected chi connectivity index (χ0v) is 11.4. The Labute approximate surface area is 109 Å². The van der Waals surface area contributed by atoms with Crippen LogP contribution in [0.1, 0.15) is 39.0 Å². The predicted molar refractivity (Wildman–Crippen MR) is 67.8 cm³/mol. The number of hydrogen-bond acceptors (Lipinski definition) is 3. The Balaban J connectivity index is 1.96. The fraction of sp³-hybridized carbons (Fsp3) is 0.857. The molecule has 3 atom stereocenters. The molecule has 1 aliphatic carbocycles. The van der Waals surface area contributed by atoms with Gasteiger partial charge in [0.15, 0.2) is 0 Å². The lowest BCUT2D eigenvalue weighted by atomic mass is 9.93. The van der Waals surface area contributed by atoms with Crippen LogP contribution < -0.4 is 0 Å². The second-order valence-corrected chi connectivity index (χ2v) is 5.66. The van der Waals surface area contributed by atoms with Crippen LogP contribution in [-0.4, -0.2) is 37.0 Å². The minimum absolute atomic E-state index is 0.121. The highest BCUT2D eigenvalue weighted by Crippen LogP contribution is 2.33. The number of carbonyl (C=O) groups excluding carboxylic acids is 2. The molecule has 2 fully saturated rings. The molecule has 1 heterocycles. The second-order valence-electron chi connectivity index (χ2n) is 5.66. The van der Waals surface area contributed by atoms with E-state index in [1.807, 2.05) is 4.90 Å². The summed E-state index contributed by atoms with van der Waals surface area (Å²) in [6, 6.07) is 0. The molecule has 1 saturated heterocycles. The standard InChI is InChI=1S/C14H23NO3/c1-10-5-3-7-12(10)13(16)15-8-4-6-11(9-15)14(17)18-2/h10-12H,3-9H2,1-2H3/t10?,11-,12?/m0/s1. The molecule has 4 nitrogen and oxygen atoms in total. The smallest absolute Gasteiger partial charge is 0.310 e. The van der Waals surface area contributed by atoms with Gasteiger partial charge in [0.05, 0.1) is 13.0 Å². The molecule has 2 rings (SSSR count). The number of piperidine rings is 1. The molecule has 2 unspecified atom stereocenters. The highest BCUT2D eigenvalue weighted by Gasteiger charge is 2.36. The number of methoxy groups -OCH3 is 1. The van der Waals surface area contributed by atoms with Crippen LogP contribution in [0.5, 0.6) is 0 Å². The van der Waals surface area contributed by atoms with Crippen molar-refractivity contribution in [2.45, 2.75) is 39.0 Å². The summed E-state index contributed by atoms with van der Waals surface area (Å²) in [5.41, 5.74) is 0. The lowest BCUT2D eigenvalue weighted by molar-refractivity contribution is -0.150. The first-order valence-electron chi connectivity index (χ1n) is 7.00. The quantitative estimate of drug-likeness (QED) is 0.705. The lowest BCUT2D eigenvalue weighted by Gasteiger charge is -2.34. The van der Waals surface area contributed by atoms with E-state index in [0.29, 0.717) is 12.5 Å². The lowest BCUT2D eigenvalue weighted by Crippen LogP contribution is -2.45. The largest absolute Gasteiger partial charge is 0.469 e. The summed E-state index contributed by atoms with van der Waals surface area (Å²) in [5.74, 6) is 0.641. The molecule has 1 saturated carbocycles. The fourth-order valence-corrected chi connectivity index (χ4v) is 3.28. The molecule has 0 aromatic carbocycles. The molecule has 102 valence electrons. The average Bonchev–Trinajstić information content (AvgIpc) is 2.83. The van der Waals surface area contributed by atoms with Gasteiger partial charge in [0.25, 0.3) is 0 Å². The van der Waals surface area contributed by atoms with E-state index in [1.165, 1.54) is 7.11 Å². The Kier molecular flexibility index (Phi) is 4.25. The number of nitrogens with zero attached hydrogens (tertiary/aromatic N) is 1. The van der Waals surface area contributed by atoms with Crippen molar-refractivity contribution in [2.75, 3.05) is 20.2 Å². The molecule has 0 aromatic rings. The minimum Gasteiger partial charge on any atom is -0.469 e. The molecule has 1 amide bonds. The summed E-state index contributed by atoms with van der Waals surface area (Å²) < 4.78 is 4.79. The first kappa shape index (κ1) is 13.4. The van der Waals surface area contributed by atoms with E-state index >= 15 is 0 Å². The third-order valence-electron chi connectivity index (χ3n) is 4.45. The Morgan fingerprint density at radius 3 is 2.56 bits per heavy atom. The van der Waals surface area contributed by atoms with E-state index in [1.54, 1.807) is 0 Å². The van der Waals surface area contributed by atoms with Crippen LogP contribution in [0.2, 0.25) is 0 Å². The average molecular weight is 253 g/mol. The summed E-state index contributed by atoms with van der Waals surface area (Å²) in [7, 11) is 1.42. The van der Waals surface area contributed by atoms with Crippen molar-refractivity contribution in [3.8, 4) is 0 Å². The minimum atomic E-state index is -0.174. The Bertz CT molecular complexity index is 329. The van der Waals surface area contributed by atoms with Gasteiger partial charge in [0.2, 0.25) is 5.91 Å². The maximum Gasteiger partial charge on any atom is 0.310 e. The Morgan fingerprint density at radius 1 is 1.17 bits per heavy atom. The van der Waals surface area contributed by atoms with Gasteiger partial charge < -0.3 is 9.64 Å². The van der Waals surface area contributed by atoms with Crippen LogP contribution >= 0.6 is 0 Å². The summed E-state index contributed by atoms with van der Waals surface area (Å²) in [6.45, 7) is 3.52. The number of amides is 1. The zero-order valence-electron chi connectivity index (χ0n) is 11.4. The van der Waals surface area contributed by atoms with Crippen LogP contribution in [0.25, 0.3) is 0 Å². The summed E-state index contributed by atoms with van der Waals surface area (Å²) in [4.78, 5) is 25.9. The Hall–Kier alpha value is -1.06. The molecule has 18 heavy (non-hydrogen) atoms. The summed E-state index contributed by atoms with van der Waals surface area (Å²) in [5, 5.41) is 0. The molecule has 4 heteroatoms. The number of hydrogen-bond donors (Lipinski definition) is 0. The SMILES string of the molecule is COC(=O)[C@H]1CCCN(C(=O)C2CCCC2C)C1. The van der Waals surface area contributed by atoms with Crippen LogP contribution in [0.4, 0.5) is 0 Å². The van der Waals surface area contributed by atoms with Gasteiger partial charge in [-0.05, 0) is 31.6 Å². The first-order chi connectivity index (χ1) is 8.63. The molecule has 0 aromatic heterocycles. The van der Waals surface area contributed by atoms with Crippen molar-refractivity contribution in [1.82, 2.24) is 4.90 Å². The highest BCUT2D eigenvalue weighted by molar-refractivity contribution is 5.81. The number of carbonyl (C=O) groups is 2. The van der Waals surface area contributed by atoms with Crippen molar-refractivity contribution in [2.24, 2.45) is 17.8 Å². The number of rotatable bonds is 2. The van der Waals surface area contributed by atoms with Gasteiger partial charge in [-0.15, -0.1) is 0 Å². The maximum absolute atomic E-state index is 12.4. The highest BCUT2D eigenvalue weighted by atomic mass is 16.5. The number of ether oxygens (including phenoxy) is 1. The third-order valence-corrected chi connectivity index (χ3v) is 4.45. The van der Waals surface area contributed by atoms with Gasteiger partial charge in [-0.1, -0.05) is 13.3 Å². The van der Waals surface area contributed by atoms with Gasteiger partial charge in [0, 0.05) is 19.0 Å². The van der Waals surface area contributed by atoms with E-state index in [4.69, 9.17) is 4.74 Å². The Morgan fingerprint density at radius 2 is 1.94 bits per heavy atom. The van der Waals surface area contributed by atoms with E-state index < -0.39 is 0 Å². The molecule has 2 aliphatic rings. The van der Waals surface area contributed by atoms with Gasteiger partial charge >= 0.3 is 5.97 Å². The molecular formula is C14H23NO3. The van der Waals surface area contributed by atoms with Crippen LogP contribution in [-0.2, 0) is 14.3 Å². The summed E-state index contributed by atoms with van der Waals surface area (Å²) >= 11 is 0. The summed E-state index contributed by atoms with van der Waals surface area (Å²) in [6.07, 6.45) is 5.08. The molecule has 0 spiro atoms. The zero-order chi connectivity index (χ0) is 13.1. The third kappa shape index (κ3) is 2.68. The number of likely N-dealkylation sites (tertiary alicyclic amines) is 1. The number of esters is 1. The topological polar surface area (TPSA) is 46.6 Å². The molecule has 1 aliphatic heterocycles. The van der Waals surface area contributed by atoms with Crippen molar-refractivity contribution in [3.05, 3.63) is 0 Å². The maximum atomic E-state index is 12.4. The van der Waals surface area contributed by atoms with E-state index in [0.717, 1.165) is 38.6 Å². The van der Waals surface area contributed by atoms with Crippen molar-refractivity contribution in [1.29, 1.82) is 0 Å². The van der Waals surface area contributed by atoms with Crippen LogP contribution in [0.3, 0.4) is 0 Å². The fourth-order valence-electron chi connectivity index (χ4n) is 3.28. The van der Waals surface area contributed by atoms with E-state index in [-0.39, 0.29) is 23.7 Å². The molecule has 0 N–H and O–H groups in total. The molecular weight excluding hydrogens is 230 g/mol. The van der Waals surface area contributed by atoms with Gasteiger partial charge in [-0.25, -0.2) is 0 Å². The van der Waals surface area contributed by atoms with Crippen molar-refractivity contribution in [3.63, 3.8) is 0 Å². The predicted octanol–water partition coefficient (Wildman–Crippen LogP) is 1.83. The monoisotopic (exact) mass is 253 g/mol. The van der Waals surface area contributed by atoms with Gasteiger partial charge in [-0.3, -0.25) is 9.59 Å². The normalized spacial score (nSPS) is 32.3. The van der Waals surface area contributed by atoms with E-state index in [9.17, 15) is 9.59 Å². The van der Waals surface area contributed by atoms with Crippen LogP contribution in [0.15, 0.2) is 0 Å². The van der Waals surface area contributed by atoms with Gasteiger partial charge in [0.1, 0.15) is 0 Å². The van der Waals surface area contributed by atoms with Crippen molar-refractivity contribution < 1.29 is 14.3 Å². The van der Waals surface area contributed by atoms with Gasteiger partial charge in [-0.2, -0.15) is 0 Å². The van der Waals surface area contributed by atoms with Crippen LogP contribution in [0, 0.1) is 17.8 Å². The second kappa shape index (κ2) is 5.72. The first-order valence-corrected chi connectivity index (χ1v) is 7.00. The van der Waals surface area contributed by atoms with E-state index in [2.05, 4.69) is 6.92 Å². The molecule has 0 radical (unpaired) electrons. The molecule has 0 bridgehead atoms. The van der Waals surface area contributed by atoms with Crippen molar-refractivity contribution >= 4 is 11.9 Å².